The third kappa shape index (κ3) is 5.45. The Morgan fingerprint density at radius 2 is 2.11 bits per heavy atom. The van der Waals surface area contributed by atoms with Crippen molar-refractivity contribution in [1.29, 1.82) is 0 Å². The van der Waals surface area contributed by atoms with E-state index in [1.54, 1.807) is 0 Å². The van der Waals surface area contributed by atoms with E-state index in [9.17, 15) is 9.59 Å². The Kier molecular flexibility index (Phi) is 6.50. The van der Waals surface area contributed by atoms with Crippen LogP contribution in [-0.4, -0.2) is 30.1 Å². The van der Waals surface area contributed by atoms with Crippen molar-refractivity contribution in [1.82, 2.24) is 5.32 Å². The Labute approximate surface area is 106 Å². The number of carboxylic acids is 1. The van der Waals surface area contributed by atoms with Crippen LogP contribution in [0.25, 0.3) is 0 Å². The maximum Gasteiger partial charge on any atom is 0.332 e. The van der Waals surface area contributed by atoms with Gasteiger partial charge in [-0.25, -0.2) is 4.79 Å². The van der Waals surface area contributed by atoms with Crippen molar-refractivity contribution in [2.24, 2.45) is 0 Å². The van der Waals surface area contributed by atoms with E-state index in [-0.39, 0.29) is 6.61 Å². The van der Waals surface area contributed by atoms with Crippen molar-refractivity contribution in [2.75, 3.05) is 6.54 Å². The lowest BCUT2D eigenvalue weighted by atomic mass is 10.2. The minimum absolute atomic E-state index is 0.277. The SMILES string of the molecule is O=CNCCCC(OCc1ccccc1)C(=O)O. The van der Waals surface area contributed by atoms with Crippen LogP contribution in [0.1, 0.15) is 18.4 Å². The summed E-state index contributed by atoms with van der Waals surface area (Å²) in [6, 6.07) is 9.41. The average Bonchev–Trinajstić information content (AvgIpc) is 2.38. The van der Waals surface area contributed by atoms with Gasteiger partial charge in [-0.15, -0.1) is 0 Å². The zero-order valence-electron chi connectivity index (χ0n) is 10.0. The third-order valence-corrected chi connectivity index (χ3v) is 2.44. The van der Waals surface area contributed by atoms with Gasteiger partial charge in [0.15, 0.2) is 6.10 Å². The molecule has 0 radical (unpaired) electrons. The van der Waals surface area contributed by atoms with Gasteiger partial charge in [0, 0.05) is 6.54 Å². The van der Waals surface area contributed by atoms with Gasteiger partial charge in [0.2, 0.25) is 6.41 Å². The molecule has 0 spiro atoms. The predicted octanol–water partition coefficient (Wildman–Crippen LogP) is 1.18. The van der Waals surface area contributed by atoms with Crippen LogP contribution < -0.4 is 5.32 Å². The zero-order chi connectivity index (χ0) is 13.2. The molecule has 18 heavy (non-hydrogen) atoms. The summed E-state index contributed by atoms with van der Waals surface area (Å²) >= 11 is 0. The Morgan fingerprint density at radius 3 is 2.72 bits per heavy atom. The van der Waals surface area contributed by atoms with Crippen molar-refractivity contribution in [2.45, 2.75) is 25.6 Å². The number of amides is 1. The summed E-state index contributed by atoms with van der Waals surface area (Å²) in [7, 11) is 0. The van der Waals surface area contributed by atoms with Crippen LogP contribution in [-0.2, 0) is 20.9 Å². The van der Waals surface area contributed by atoms with Crippen LogP contribution in [0.5, 0.6) is 0 Å². The summed E-state index contributed by atoms with van der Waals surface area (Å²) in [4.78, 5) is 21.0. The van der Waals surface area contributed by atoms with Crippen LogP contribution in [0.4, 0.5) is 0 Å². The molecule has 2 N–H and O–H groups in total. The molecule has 0 saturated carbocycles. The van der Waals surface area contributed by atoms with E-state index in [1.165, 1.54) is 0 Å². The molecule has 1 rings (SSSR count). The molecule has 0 aliphatic heterocycles. The Morgan fingerprint density at radius 1 is 1.39 bits per heavy atom. The van der Waals surface area contributed by atoms with Gasteiger partial charge in [-0.05, 0) is 18.4 Å². The molecular formula is C13H17NO4. The number of ether oxygens (including phenoxy) is 1. The lowest BCUT2D eigenvalue weighted by molar-refractivity contribution is -0.151. The molecule has 0 bridgehead atoms. The molecule has 5 nitrogen and oxygen atoms in total. The largest absolute Gasteiger partial charge is 0.479 e. The van der Waals surface area contributed by atoms with Crippen molar-refractivity contribution in [3.63, 3.8) is 0 Å². The summed E-state index contributed by atoms with van der Waals surface area (Å²) in [6.45, 7) is 0.737. The fourth-order valence-electron chi connectivity index (χ4n) is 1.50. The predicted molar refractivity (Wildman–Crippen MR) is 66.0 cm³/mol. The summed E-state index contributed by atoms with van der Waals surface area (Å²) in [5.74, 6) is -0.975. The minimum atomic E-state index is -0.975. The maximum absolute atomic E-state index is 11.0. The van der Waals surface area contributed by atoms with Crippen molar-refractivity contribution < 1.29 is 19.4 Å². The van der Waals surface area contributed by atoms with Crippen molar-refractivity contribution >= 4 is 12.4 Å². The van der Waals surface area contributed by atoms with Crippen molar-refractivity contribution in [3.8, 4) is 0 Å². The summed E-state index contributed by atoms with van der Waals surface area (Å²) in [5.41, 5.74) is 0.940. The number of nitrogens with one attached hydrogen (secondary N) is 1. The first-order valence-corrected chi connectivity index (χ1v) is 5.79. The molecule has 0 aromatic heterocycles. The number of benzene rings is 1. The van der Waals surface area contributed by atoms with E-state index in [4.69, 9.17) is 9.84 Å². The smallest absolute Gasteiger partial charge is 0.332 e. The topological polar surface area (TPSA) is 75.6 Å². The Hall–Kier alpha value is -1.88. The normalized spacial score (nSPS) is 11.8. The molecule has 5 heteroatoms. The average molecular weight is 251 g/mol. The van der Waals surface area contributed by atoms with Gasteiger partial charge in [-0.2, -0.15) is 0 Å². The number of hydrogen-bond donors (Lipinski definition) is 2. The van der Waals surface area contributed by atoms with Crippen LogP contribution in [0.3, 0.4) is 0 Å². The highest BCUT2D eigenvalue weighted by Crippen LogP contribution is 2.07. The van der Waals surface area contributed by atoms with Gasteiger partial charge in [0.25, 0.3) is 0 Å². The van der Waals surface area contributed by atoms with Gasteiger partial charge >= 0.3 is 5.97 Å². The van der Waals surface area contributed by atoms with Gasteiger partial charge in [-0.3, -0.25) is 4.79 Å². The molecule has 0 heterocycles. The van der Waals surface area contributed by atoms with Crippen LogP contribution in [0, 0.1) is 0 Å². The fraction of sp³-hybridized carbons (Fsp3) is 0.385. The molecule has 1 aromatic rings. The number of hydrogen-bond acceptors (Lipinski definition) is 3. The first kappa shape index (κ1) is 14.2. The molecule has 0 aliphatic rings. The fourth-order valence-corrected chi connectivity index (χ4v) is 1.50. The second kappa shape index (κ2) is 8.25. The number of rotatable bonds is 9. The second-order valence-electron chi connectivity index (χ2n) is 3.84. The first-order valence-electron chi connectivity index (χ1n) is 5.79. The monoisotopic (exact) mass is 251 g/mol. The molecular weight excluding hydrogens is 234 g/mol. The van der Waals surface area contributed by atoms with Gasteiger partial charge in [0.05, 0.1) is 6.61 Å². The number of aliphatic carboxylic acids is 1. The summed E-state index contributed by atoms with van der Waals surface area (Å²) in [5, 5.41) is 11.5. The maximum atomic E-state index is 11.0. The van der Waals surface area contributed by atoms with Gasteiger partial charge < -0.3 is 15.2 Å². The van der Waals surface area contributed by atoms with Crippen LogP contribution >= 0.6 is 0 Å². The van der Waals surface area contributed by atoms with E-state index in [0.717, 1.165) is 5.56 Å². The van der Waals surface area contributed by atoms with E-state index < -0.39 is 12.1 Å². The molecule has 1 amide bonds. The molecule has 0 saturated heterocycles. The minimum Gasteiger partial charge on any atom is -0.479 e. The quantitative estimate of drug-likeness (QED) is 0.510. The lowest BCUT2D eigenvalue weighted by Crippen LogP contribution is -2.25. The van der Waals surface area contributed by atoms with Crippen LogP contribution in [0.15, 0.2) is 30.3 Å². The molecule has 1 unspecified atom stereocenters. The van der Waals surface area contributed by atoms with E-state index in [1.807, 2.05) is 30.3 Å². The summed E-state index contributed by atoms with van der Waals surface area (Å²) in [6.07, 6.45) is 0.715. The Balaban J connectivity index is 2.34. The van der Waals surface area contributed by atoms with Gasteiger partial charge in [-0.1, -0.05) is 30.3 Å². The Bertz CT molecular complexity index is 367. The zero-order valence-corrected chi connectivity index (χ0v) is 10.0. The highest BCUT2D eigenvalue weighted by Gasteiger charge is 2.17. The van der Waals surface area contributed by atoms with E-state index >= 15 is 0 Å². The molecule has 98 valence electrons. The molecule has 1 atom stereocenters. The van der Waals surface area contributed by atoms with Crippen LogP contribution in [0.2, 0.25) is 0 Å². The molecule has 1 aromatic carbocycles. The highest BCUT2D eigenvalue weighted by atomic mass is 16.5. The third-order valence-electron chi connectivity index (χ3n) is 2.44. The van der Waals surface area contributed by atoms with Gasteiger partial charge in [0.1, 0.15) is 0 Å². The molecule has 0 aliphatic carbocycles. The van der Waals surface area contributed by atoms with E-state index in [2.05, 4.69) is 5.32 Å². The second-order valence-corrected chi connectivity index (χ2v) is 3.84. The summed E-state index contributed by atoms with van der Waals surface area (Å²) < 4.78 is 5.35. The number of carbonyl (C=O) groups is 2. The number of carboxylic acid groups (broad SMARTS) is 1. The standard InChI is InChI=1S/C13H17NO4/c15-10-14-8-4-7-12(13(16)17)18-9-11-5-2-1-3-6-11/h1-3,5-6,10,12H,4,7-9H2,(H,14,15)(H,16,17). The van der Waals surface area contributed by atoms with Crippen molar-refractivity contribution in [3.05, 3.63) is 35.9 Å². The highest BCUT2D eigenvalue weighted by molar-refractivity contribution is 5.72. The number of carbonyl (C=O) groups excluding carboxylic acids is 1. The molecule has 0 fully saturated rings. The van der Waals surface area contributed by atoms with E-state index in [0.29, 0.717) is 25.8 Å². The lowest BCUT2D eigenvalue weighted by Gasteiger charge is -2.13. The first-order chi connectivity index (χ1) is 8.74.